The topological polar surface area (TPSA) is 69.6 Å². The van der Waals surface area contributed by atoms with Crippen LogP contribution in [0.4, 0.5) is 0 Å². The van der Waals surface area contributed by atoms with Gasteiger partial charge in [0, 0.05) is 24.9 Å². The van der Waals surface area contributed by atoms with Gasteiger partial charge in [0.05, 0.1) is 19.4 Å². The van der Waals surface area contributed by atoms with Crippen LogP contribution in [-0.2, 0) is 16.2 Å². The zero-order chi connectivity index (χ0) is 20.2. The summed E-state index contributed by atoms with van der Waals surface area (Å²) in [5, 5.41) is 4.25. The summed E-state index contributed by atoms with van der Waals surface area (Å²) in [4.78, 5) is 20.0. The van der Waals surface area contributed by atoms with E-state index in [1.165, 1.54) is 0 Å². The smallest absolute Gasteiger partial charge is 0.231 e. The van der Waals surface area contributed by atoms with E-state index in [0.717, 1.165) is 34.1 Å². The van der Waals surface area contributed by atoms with Gasteiger partial charge in [-0.3, -0.25) is 4.79 Å². The highest BCUT2D eigenvalue weighted by atomic mass is 16.7. The second kappa shape index (κ2) is 8.43. The van der Waals surface area contributed by atoms with Gasteiger partial charge in [-0.05, 0) is 35.9 Å². The maximum Gasteiger partial charge on any atom is 0.231 e. The van der Waals surface area contributed by atoms with E-state index in [1.54, 1.807) is 7.11 Å². The first-order valence-electron chi connectivity index (χ1n) is 9.69. The van der Waals surface area contributed by atoms with Gasteiger partial charge in [0.1, 0.15) is 5.75 Å². The molecule has 29 heavy (non-hydrogen) atoms. The van der Waals surface area contributed by atoms with E-state index in [1.807, 2.05) is 54.3 Å². The van der Waals surface area contributed by atoms with Crippen molar-refractivity contribution in [2.45, 2.75) is 32.4 Å². The fraction of sp³-hybridized carbons (Fsp3) is 0.364. The Balaban J connectivity index is 1.41. The number of hydrogen-bond donors (Lipinski definition) is 0. The molecule has 0 unspecified atom stereocenters. The minimum Gasteiger partial charge on any atom is -0.497 e. The average molecular weight is 396 g/mol. The summed E-state index contributed by atoms with van der Waals surface area (Å²) in [7, 11) is 1.63. The van der Waals surface area contributed by atoms with Gasteiger partial charge in [-0.15, -0.1) is 0 Å². The molecule has 2 aromatic rings. The van der Waals surface area contributed by atoms with Crippen molar-refractivity contribution in [2.75, 3.05) is 20.4 Å². The third-order valence-corrected chi connectivity index (χ3v) is 5.03. The van der Waals surface area contributed by atoms with Crippen LogP contribution in [0.1, 0.15) is 30.9 Å². The molecule has 2 aliphatic rings. The number of ether oxygens (including phenoxy) is 3. The molecular formula is C22H24N2O5. The Morgan fingerprint density at radius 3 is 2.90 bits per heavy atom. The van der Waals surface area contributed by atoms with Gasteiger partial charge in [0.2, 0.25) is 12.7 Å². The lowest BCUT2D eigenvalue weighted by atomic mass is 10.0. The second-order valence-corrected chi connectivity index (χ2v) is 7.02. The van der Waals surface area contributed by atoms with Crippen molar-refractivity contribution in [3.05, 3.63) is 53.6 Å². The van der Waals surface area contributed by atoms with E-state index in [-0.39, 0.29) is 18.8 Å². The number of benzene rings is 2. The van der Waals surface area contributed by atoms with Crippen molar-refractivity contribution in [1.29, 1.82) is 0 Å². The largest absolute Gasteiger partial charge is 0.497 e. The molecule has 7 heteroatoms. The number of amides is 1. The number of hydrogen-bond acceptors (Lipinski definition) is 6. The minimum atomic E-state index is -0.184. The Morgan fingerprint density at radius 2 is 2.07 bits per heavy atom. The predicted octanol–water partition coefficient (Wildman–Crippen LogP) is 3.36. The van der Waals surface area contributed by atoms with Gasteiger partial charge in [-0.25, -0.2) is 0 Å². The van der Waals surface area contributed by atoms with Gasteiger partial charge in [0.15, 0.2) is 17.6 Å². The molecule has 152 valence electrons. The van der Waals surface area contributed by atoms with E-state index >= 15 is 0 Å². The summed E-state index contributed by atoms with van der Waals surface area (Å²) >= 11 is 0. The van der Waals surface area contributed by atoms with Gasteiger partial charge in [-0.2, -0.15) is 0 Å². The van der Waals surface area contributed by atoms with E-state index in [0.29, 0.717) is 25.9 Å². The Hall–Kier alpha value is -3.22. The monoisotopic (exact) mass is 396 g/mol. The Bertz CT molecular complexity index is 927. The first kappa shape index (κ1) is 19.1. The van der Waals surface area contributed by atoms with Crippen LogP contribution in [0.15, 0.2) is 47.6 Å². The molecular weight excluding hydrogens is 372 g/mol. The third kappa shape index (κ3) is 4.29. The standard InChI is InChI=1S/C22H24N2O5/c1-3-22(25)24(12-15-5-4-6-17(9-15)26-2)13-18-11-19(23-29-18)16-7-8-20-21(10-16)28-14-27-20/h4-10,18H,3,11-14H2,1-2H3/t18-/m0/s1. The maximum atomic E-state index is 12.5. The molecule has 0 spiro atoms. The van der Waals surface area contributed by atoms with E-state index in [9.17, 15) is 4.79 Å². The van der Waals surface area contributed by atoms with E-state index < -0.39 is 0 Å². The molecule has 7 nitrogen and oxygen atoms in total. The molecule has 0 aliphatic carbocycles. The van der Waals surface area contributed by atoms with Gasteiger partial charge in [-0.1, -0.05) is 24.2 Å². The number of methoxy groups -OCH3 is 1. The molecule has 0 saturated heterocycles. The Labute approximate surface area is 169 Å². The summed E-state index contributed by atoms with van der Waals surface area (Å²) in [6, 6.07) is 13.5. The lowest BCUT2D eigenvalue weighted by Crippen LogP contribution is -2.36. The molecule has 0 N–H and O–H groups in total. The number of nitrogens with zero attached hydrogens (tertiary/aromatic N) is 2. The molecule has 0 saturated carbocycles. The number of rotatable bonds is 7. The highest BCUT2D eigenvalue weighted by Gasteiger charge is 2.27. The van der Waals surface area contributed by atoms with Crippen LogP contribution in [0.25, 0.3) is 0 Å². The molecule has 4 rings (SSSR count). The normalized spacial score (nSPS) is 16.9. The zero-order valence-electron chi connectivity index (χ0n) is 16.6. The SMILES string of the molecule is CCC(=O)N(Cc1cccc(OC)c1)C[C@@H]1CC(c2ccc3c(c2)OCO3)=NO1. The van der Waals surface area contributed by atoms with Crippen molar-refractivity contribution >= 4 is 11.6 Å². The molecule has 1 atom stereocenters. The molecule has 2 aromatic carbocycles. The molecule has 2 heterocycles. The van der Waals surface area contributed by atoms with Crippen LogP contribution in [0.2, 0.25) is 0 Å². The van der Waals surface area contributed by atoms with Gasteiger partial charge in [0.25, 0.3) is 0 Å². The summed E-state index contributed by atoms with van der Waals surface area (Å²) in [6.45, 7) is 3.08. The summed E-state index contributed by atoms with van der Waals surface area (Å²) in [5.74, 6) is 2.31. The lowest BCUT2D eigenvalue weighted by molar-refractivity contribution is -0.133. The highest BCUT2D eigenvalue weighted by Crippen LogP contribution is 2.33. The second-order valence-electron chi connectivity index (χ2n) is 7.02. The van der Waals surface area contributed by atoms with Crippen LogP contribution in [0, 0.1) is 0 Å². The molecule has 0 aromatic heterocycles. The maximum absolute atomic E-state index is 12.5. The van der Waals surface area contributed by atoms with Crippen molar-refractivity contribution in [3.8, 4) is 17.2 Å². The average Bonchev–Trinajstić information content (AvgIpc) is 3.41. The lowest BCUT2D eigenvalue weighted by Gasteiger charge is -2.24. The van der Waals surface area contributed by atoms with Crippen molar-refractivity contribution in [2.24, 2.45) is 5.16 Å². The van der Waals surface area contributed by atoms with Crippen LogP contribution >= 0.6 is 0 Å². The minimum absolute atomic E-state index is 0.0768. The van der Waals surface area contributed by atoms with Crippen molar-refractivity contribution < 1.29 is 23.8 Å². The summed E-state index contributed by atoms with van der Waals surface area (Å²) < 4.78 is 16.1. The van der Waals surface area contributed by atoms with Crippen LogP contribution in [0.5, 0.6) is 17.2 Å². The van der Waals surface area contributed by atoms with Gasteiger partial charge < -0.3 is 23.9 Å². The van der Waals surface area contributed by atoms with Crippen LogP contribution in [-0.4, -0.2) is 43.1 Å². The number of oxime groups is 1. The molecule has 1 amide bonds. The first-order chi connectivity index (χ1) is 14.2. The zero-order valence-corrected chi connectivity index (χ0v) is 16.6. The van der Waals surface area contributed by atoms with Crippen molar-refractivity contribution in [1.82, 2.24) is 4.90 Å². The number of carbonyl (C=O) groups excluding carboxylic acids is 1. The summed E-state index contributed by atoms with van der Waals surface area (Å²) in [5.41, 5.74) is 2.80. The Kier molecular flexibility index (Phi) is 5.55. The Morgan fingerprint density at radius 1 is 1.21 bits per heavy atom. The molecule has 0 radical (unpaired) electrons. The van der Waals surface area contributed by atoms with Crippen LogP contribution in [0.3, 0.4) is 0 Å². The van der Waals surface area contributed by atoms with E-state index in [2.05, 4.69) is 5.16 Å². The quantitative estimate of drug-likeness (QED) is 0.718. The molecule has 2 aliphatic heterocycles. The fourth-order valence-corrected chi connectivity index (χ4v) is 3.49. The first-order valence-corrected chi connectivity index (χ1v) is 9.69. The van der Waals surface area contributed by atoms with Gasteiger partial charge >= 0.3 is 0 Å². The predicted molar refractivity (Wildman–Crippen MR) is 107 cm³/mol. The summed E-state index contributed by atoms with van der Waals surface area (Å²) in [6.07, 6.45) is 0.884. The number of fused-ring (bicyclic) bond motifs is 1. The molecule has 0 bridgehead atoms. The van der Waals surface area contributed by atoms with Crippen molar-refractivity contribution in [3.63, 3.8) is 0 Å². The fourth-order valence-electron chi connectivity index (χ4n) is 3.49. The highest BCUT2D eigenvalue weighted by molar-refractivity contribution is 6.01. The van der Waals surface area contributed by atoms with Crippen LogP contribution < -0.4 is 14.2 Å². The third-order valence-electron chi connectivity index (χ3n) is 5.03. The molecule has 0 fully saturated rings. The van der Waals surface area contributed by atoms with E-state index in [4.69, 9.17) is 19.0 Å². The number of carbonyl (C=O) groups is 1.